The number of hydrogen-bond acceptors (Lipinski definition) is 6. The van der Waals surface area contributed by atoms with Crippen LogP contribution in [0.3, 0.4) is 0 Å². The third-order valence-electron chi connectivity index (χ3n) is 3.13. The van der Waals surface area contributed by atoms with Crippen LogP contribution in [0.4, 0.5) is 11.4 Å². The normalized spacial score (nSPS) is 10.3. The highest BCUT2D eigenvalue weighted by molar-refractivity contribution is 6.34. The molecular weight excluding hydrogens is 340 g/mol. The van der Waals surface area contributed by atoms with Gasteiger partial charge in [-0.15, -0.1) is 0 Å². The van der Waals surface area contributed by atoms with Gasteiger partial charge in [0.15, 0.2) is 11.4 Å². The zero-order valence-corrected chi connectivity index (χ0v) is 13.3. The number of benzene rings is 1. The Morgan fingerprint density at radius 3 is 2.33 bits per heavy atom. The maximum Gasteiger partial charge on any atom is 0.356 e. The van der Waals surface area contributed by atoms with E-state index in [2.05, 4.69) is 15.3 Å². The molecular formula is C14H11ClN4O5. The lowest BCUT2D eigenvalue weighted by atomic mass is 10.2. The summed E-state index contributed by atoms with van der Waals surface area (Å²) in [5.74, 6) is -2.30. The number of nitro groups is 1. The van der Waals surface area contributed by atoms with Crippen LogP contribution in [-0.2, 0) is 0 Å². The number of aromatic nitrogens is 2. The Morgan fingerprint density at radius 2 is 1.79 bits per heavy atom. The SMILES string of the molecule is Cc1nc(C(=O)O)c(C(=O)Nc2cc([N+](=O)[O-])ccc2Cl)nc1C. The highest BCUT2D eigenvalue weighted by atomic mass is 35.5. The molecule has 10 heteroatoms. The Kier molecular flexibility index (Phi) is 4.74. The second-order valence-electron chi connectivity index (χ2n) is 4.77. The van der Waals surface area contributed by atoms with Gasteiger partial charge < -0.3 is 10.4 Å². The van der Waals surface area contributed by atoms with Gasteiger partial charge in [-0.2, -0.15) is 0 Å². The second kappa shape index (κ2) is 6.59. The van der Waals surface area contributed by atoms with Crippen molar-refractivity contribution < 1.29 is 19.6 Å². The number of carbonyl (C=O) groups is 2. The van der Waals surface area contributed by atoms with Crippen molar-refractivity contribution in [2.75, 3.05) is 5.32 Å². The van der Waals surface area contributed by atoms with Crippen molar-refractivity contribution in [1.29, 1.82) is 0 Å². The van der Waals surface area contributed by atoms with Crippen molar-refractivity contribution in [3.8, 4) is 0 Å². The van der Waals surface area contributed by atoms with Crippen LogP contribution < -0.4 is 5.32 Å². The molecule has 0 atom stereocenters. The molecule has 1 aromatic heterocycles. The van der Waals surface area contributed by atoms with E-state index in [4.69, 9.17) is 16.7 Å². The van der Waals surface area contributed by atoms with Crippen molar-refractivity contribution >= 4 is 34.9 Å². The first kappa shape index (κ1) is 17.3. The maximum absolute atomic E-state index is 12.3. The molecule has 2 rings (SSSR count). The van der Waals surface area contributed by atoms with Crippen LogP contribution in [0.25, 0.3) is 0 Å². The number of rotatable bonds is 4. The Bertz CT molecular complexity index is 868. The Hall–Kier alpha value is -3.07. The smallest absolute Gasteiger partial charge is 0.356 e. The van der Waals surface area contributed by atoms with Gasteiger partial charge in [-0.05, 0) is 19.9 Å². The molecule has 1 amide bonds. The lowest BCUT2D eigenvalue weighted by molar-refractivity contribution is -0.384. The molecule has 124 valence electrons. The van der Waals surface area contributed by atoms with E-state index in [-0.39, 0.29) is 16.4 Å². The summed E-state index contributed by atoms with van der Waals surface area (Å²) in [4.78, 5) is 41.5. The van der Waals surface area contributed by atoms with Gasteiger partial charge >= 0.3 is 5.97 Å². The minimum atomic E-state index is -1.42. The Morgan fingerprint density at radius 1 is 1.21 bits per heavy atom. The minimum Gasteiger partial charge on any atom is -0.476 e. The monoisotopic (exact) mass is 350 g/mol. The molecule has 1 aromatic carbocycles. The summed E-state index contributed by atoms with van der Waals surface area (Å²) in [6, 6.07) is 3.49. The first-order chi connectivity index (χ1) is 11.2. The molecule has 0 spiro atoms. The first-order valence-corrected chi connectivity index (χ1v) is 6.92. The maximum atomic E-state index is 12.3. The van der Waals surface area contributed by atoms with E-state index < -0.39 is 28.2 Å². The quantitative estimate of drug-likeness (QED) is 0.638. The van der Waals surface area contributed by atoms with Crippen LogP contribution in [0.1, 0.15) is 32.4 Å². The van der Waals surface area contributed by atoms with Crippen LogP contribution in [-0.4, -0.2) is 31.9 Å². The van der Waals surface area contributed by atoms with Crippen LogP contribution in [0.15, 0.2) is 18.2 Å². The predicted molar refractivity (Wildman–Crippen MR) is 84.5 cm³/mol. The fourth-order valence-electron chi connectivity index (χ4n) is 1.81. The summed E-state index contributed by atoms with van der Waals surface area (Å²) in [6.45, 7) is 3.14. The molecule has 1 heterocycles. The summed E-state index contributed by atoms with van der Waals surface area (Å²) in [5, 5.41) is 22.3. The van der Waals surface area contributed by atoms with E-state index in [0.29, 0.717) is 11.4 Å². The van der Waals surface area contributed by atoms with Crippen molar-refractivity contribution in [1.82, 2.24) is 9.97 Å². The van der Waals surface area contributed by atoms with Crippen molar-refractivity contribution in [3.05, 3.63) is 56.1 Å². The number of nitrogens with zero attached hydrogens (tertiary/aromatic N) is 3. The molecule has 0 aliphatic carbocycles. The Labute approximate surface area is 140 Å². The third kappa shape index (κ3) is 3.46. The van der Waals surface area contributed by atoms with Gasteiger partial charge in [-0.1, -0.05) is 11.6 Å². The summed E-state index contributed by atoms with van der Waals surface area (Å²) < 4.78 is 0. The molecule has 0 saturated heterocycles. The number of hydrogen-bond donors (Lipinski definition) is 2. The van der Waals surface area contributed by atoms with Crippen LogP contribution in [0, 0.1) is 24.0 Å². The standard InChI is InChI=1S/C14H11ClN4O5/c1-6-7(2)17-12(14(21)22)11(16-6)13(20)18-10-5-8(19(23)24)3-4-9(10)15/h3-5H,1-2H3,(H,18,20)(H,21,22). The number of nitro benzene ring substituents is 1. The number of anilines is 1. The average Bonchev–Trinajstić information content (AvgIpc) is 2.51. The number of aryl methyl sites for hydroxylation is 2. The molecule has 2 N–H and O–H groups in total. The predicted octanol–water partition coefficient (Wildman–Crippen LogP) is 2.61. The summed E-state index contributed by atoms with van der Waals surface area (Å²) >= 11 is 5.90. The summed E-state index contributed by atoms with van der Waals surface area (Å²) in [7, 11) is 0. The van der Waals surface area contributed by atoms with Crippen molar-refractivity contribution in [3.63, 3.8) is 0 Å². The molecule has 0 aliphatic rings. The molecule has 0 radical (unpaired) electrons. The van der Waals surface area contributed by atoms with Gasteiger partial charge in [-0.25, -0.2) is 14.8 Å². The lowest BCUT2D eigenvalue weighted by Crippen LogP contribution is -2.21. The van der Waals surface area contributed by atoms with Gasteiger partial charge in [0.1, 0.15) is 0 Å². The van der Waals surface area contributed by atoms with E-state index in [9.17, 15) is 19.7 Å². The van der Waals surface area contributed by atoms with Gasteiger partial charge in [0.2, 0.25) is 0 Å². The first-order valence-electron chi connectivity index (χ1n) is 6.54. The average molecular weight is 351 g/mol. The minimum absolute atomic E-state index is 0.0350. The Balaban J connectivity index is 2.44. The molecule has 0 saturated carbocycles. The van der Waals surface area contributed by atoms with E-state index in [1.54, 1.807) is 13.8 Å². The van der Waals surface area contributed by atoms with Crippen molar-refractivity contribution in [2.24, 2.45) is 0 Å². The van der Waals surface area contributed by atoms with Gasteiger partial charge in [-0.3, -0.25) is 14.9 Å². The molecule has 9 nitrogen and oxygen atoms in total. The summed E-state index contributed by atoms with van der Waals surface area (Å²) in [6.07, 6.45) is 0. The zero-order valence-electron chi connectivity index (χ0n) is 12.5. The fraction of sp³-hybridized carbons (Fsp3) is 0.143. The number of non-ortho nitro benzene ring substituents is 1. The molecule has 2 aromatic rings. The number of carboxylic acid groups (broad SMARTS) is 1. The molecule has 0 aliphatic heterocycles. The number of carboxylic acids is 1. The number of nitrogens with one attached hydrogen (secondary N) is 1. The summed E-state index contributed by atoms with van der Waals surface area (Å²) in [5.41, 5.74) is -0.482. The van der Waals surface area contributed by atoms with Gasteiger partial charge in [0.25, 0.3) is 11.6 Å². The van der Waals surface area contributed by atoms with E-state index >= 15 is 0 Å². The molecule has 24 heavy (non-hydrogen) atoms. The van der Waals surface area contributed by atoms with E-state index in [1.165, 1.54) is 12.1 Å². The van der Waals surface area contributed by atoms with Crippen LogP contribution in [0.5, 0.6) is 0 Å². The highest BCUT2D eigenvalue weighted by Gasteiger charge is 2.23. The van der Waals surface area contributed by atoms with Crippen molar-refractivity contribution in [2.45, 2.75) is 13.8 Å². The number of amides is 1. The van der Waals surface area contributed by atoms with Gasteiger partial charge in [0, 0.05) is 12.1 Å². The third-order valence-corrected chi connectivity index (χ3v) is 3.46. The fourth-order valence-corrected chi connectivity index (χ4v) is 1.98. The molecule has 0 fully saturated rings. The largest absolute Gasteiger partial charge is 0.476 e. The van der Waals surface area contributed by atoms with E-state index in [0.717, 1.165) is 6.07 Å². The highest BCUT2D eigenvalue weighted by Crippen LogP contribution is 2.27. The van der Waals surface area contributed by atoms with E-state index in [1.807, 2.05) is 0 Å². The second-order valence-corrected chi connectivity index (χ2v) is 5.18. The zero-order chi connectivity index (χ0) is 18.0. The lowest BCUT2D eigenvalue weighted by Gasteiger charge is -2.10. The topological polar surface area (TPSA) is 135 Å². The van der Waals surface area contributed by atoms with Gasteiger partial charge in [0.05, 0.1) is 27.0 Å². The molecule has 0 bridgehead atoms. The van der Waals surface area contributed by atoms with Crippen LogP contribution >= 0.6 is 11.6 Å². The number of carbonyl (C=O) groups excluding carboxylic acids is 1. The number of aromatic carboxylic acids is 1. The number of halogens is 1. The molecule has 0 unspecified atom stereocenters. The van der Waals surface area contributed by atoms with Crippen LogP contribution in [0.2, 0.25) is 5.02 Å².